The maximum absolute atomic E-state index is 13.4. The highest BCUT2D eigenvalue weighted by molar-refractivity contribution is 5.97. The largest absolute Gasteiger partial charge is 0.457 e. The number of rotatable bonds is 10. The third kappa shape index (κ3) is 8.12. The Hall–Kier alpha value is -4.77. The standard InChI is InChI=1S/C30H35N5O6/c1-2-39-30(37)33-19-20-8-12-24(13-9-20)40-26-16-22(29(36)35(32)23-6-4-3-5-7-23)17-27(18-26)41-25-14-10-21(11-15-25)28(31)34-38/h8-18,23,38H,2-7,19,32H2,1H3,(H2,31,34)(H,33,37). The number of ether oxygens (including phenoxy) is 3. The van der Waals surface area contributed by atoms with E-state index in [4.69, 9.17) is 31.0 Å². The van der Waals surface area contributed by atoms with Crippen LogP contribution in [0.25, 0.3) is 0 Å². The molecular weight excluding hydrogens is 526 g/mol. The van der Waals surface area contributed by atoms with Crippen molar-refractivity contribution in [3.63, 3.8) is 0 Å². The predicted octanol–water partition coefficient (Wildman–Crippen LogP) is 5.26. The Balaban J connectivity index is 1.55. The van der Waals surface area contributed by atoms with E-state index in [0.717, 1.165) is 37.7 Å². The first-order valence-corrected chi connectivity index (χ1v) is 13.5. The van der Waals surface area contributed by atoms with Gasteiger partial charge in [-0.05, 0) is 73.9 Å². The average molecular weight is 562 g/mol. The summed E-state index contributed by atoms with van der Waals surface area (Å²) in [7, 11) is 0. The van der Waals surface area contributed by atoms with Crippen LogP contribution < -0.4 is 26.4 Å². The molecule has 0 saturated heterocycles. The second-order valence-electron chi connectivity index (χ2n) is 9.63. The highest BCUT2D eigenvalue weighted by atomic mass is 16.5. The molecule has 2 amide bonds. The van der Waals surface area contributed by atoms with Crippen molar-refractivity contribution in [2.45, 2.75) is 51.6 Å². The van der Waals surface area contributed by atoms with Gasteiger partial charge in [0.1, 0.15) is 23.0 Å². The van der Waals surface area contributed by atoms with Gasteiger partial charge < -0.3 is 30.5 Å². The average Bonchev–Trinajstić information content (AvgIpc) is 3.00. The van der Waals surface area contributed by atoms with Crippen LogP contribution in [0, 0.1) is 0 Å². The smallest absolute Gasteiger partial charge is 0.407 e. The lowest BCUT2D eigenvalue weighted by atomic mass is 9.94. The van der Waals surface area contributed by atoms with Gasteiger partial charge in [-0.1, -0.05) is 36.6 Å². The molecule has 4 rings (SSSR count). The number of alkyl carbamates (subject to hydrolysis) is 1. The third-order valence-electron chi connectivity index (χ3n) is 6.69. The number of oxime groups is 1. The number of carbonyl (C=O) groups is 2. The van der Waals surface area contributed by atoms with Crippen molar-refractivity contribution >= 4 is 17.8 Å². The van der Waals surface area contributed by atoms with Crippen molar-refractivity contribution in [1.82, 2.24) is 10.3 Å². The van der Waals surface area contributed by atoms with Gasteiger partial charge in [0.05, 0.1) is 6.61 Å². The fourth-order valence-corrected chi connectivity index (χ4v) is 4.54. The summed E-state index contributed by atoms with van der Waals surface area (Å²) in [6.07, 6.45) is 4.47. The molecule has 1 fully saturated rings. The molecule has 0 aromatic heterocycles. The minimum Gasteiger partial charge on any atom is -0.457 e. The molecule has 0 aliphatic heterocycles. The van der Waals surface area contributed by atoms with Crippen molar-refractivity contribution < 1.29 is 29.0 Å². The van der Waals surface area contributed by atoms with Crippen LogP contribution in [0.4, 0.5) is 4.79 Å². The zero-order valence-corrected chi connectivity index (χ0v) is 22.9. The molecule has 3 aromatic carbocycles. The summed E-state index contributed by atoms with van der Waals surface area (Å²) in [5.41, 5.74) is 7.37. The van der Waals surface area contributed by atoms with Gasteiger partial charge in [-0.3, -0.25) is 9.80 Å². The van der Waals surface area contributed by atoms with E-state index in [1.165, 1.54) is 5.01 Å². The molecule has 41 heavy (non-hydrogen) atoms. The van der Waals surface area contributed by atoms with Gasteiger partial charge in [-0.2, -0.15) is 0 Å². The highest BCUT2D eigenvalue weighted by Gasteiger charge is 2.25. The van der Waals surface area contributed by atoms with E-state index in [1.54, 1.807) is 61.5 Å². The molecule has 0 heterocycles. The molecule has 1 aliphatic rings. The van der Waals surface area contributed by atoms with Gasteiger partial charge >= 0.3 is 6.09 Å². The number of hydrogen-bond acceptors (Lipinski definition) is 8. The zero-order valence-electron chi connectivity index (χ0n) is 22.9. The molecule has 1 aliphatic carbocycles. The lowest BCUT2D eigenvalue weighted by Crippen LogP contribution is -2.46. The van der Waals surface area contributed by atoms with E-state index < -0.39 is 6.09 Å². The Labute approximate surface area is 238 Å². The van der Waals surface area contributed by atoms with Crippen molar-refractivity contribution in [3.8, 4) is 23.0 Å². The van der Waals surface area contributed by atoms with Crippen molar-refractivity contribution in [1.29, 1.82) is 0 Å². The third-order valence-corrected chi connectivity index (χ3v) is 6.69. The number of hydrogen-bond donors (Lipinski definition) is 4. The quantitative estimate of drug-likeness (QED) is 0.0651. The van der Waals surface area contributed by atoms with Gasteiger partial charge in [0.15, 0.2) is 5.84 Å². The van der Waals surface area contributed by atoms with Crippen LogP contribution in [0.2, 0.25) is 0 Å². The van der Waals surface area contributed by atoms with E-state index in [1.807, 2.05) is 12.1 Å². The summed E-state index contributed by atoms with van der Waals surface area (Å²) < 4.78 is 17.0. The molecule has 0 atom stereocenters. The number of nitrogens with one attached hydrogen (secondary N) is 1. The molecular formula is C30H35N5O6. The summed E-state index contributed by atoms with van der Waals surface area (Å²) in [6.45, 7) is 2.35. The molecule has 0 bridgehead atoms. The normalized spacial score (nSPS) is 13.8. The van der Waals surface area contributed by atoms with E-state index in [2.05, 4.69) is 10.5 Å². The second kappa shape index (κ2) is 14.0. The molecule has 11 nitrogen and oxygen atoms in total. The van der Waals surface area contributed by atoms with Crippen LogP contribution in [-0.2, 0) is 11.3 Å². The van der Waals surface area contributed by atoms with Gasteiger partial charge in [-0.15, -0.1) is 0 Å². The van der Waals surface area contributed by atoms with Crippen molar-refractivity contribution in [2.75, 3.05) is 6.61 Å². The monoisotopic (exact) mass is 561 g/mol. The number of amidine groups is 1. The zero-order chi connectivity index (χ0) is 29.2. The van der Waals surface area contributed by atoms with Gasteiger partial charge in [0.25, 0.3) is 5.91 Å². The lowest BCUT2D eigenvalue weighted by Gasteiger charge is -2.30. The fraction of sp³-hybridized carbons (Fsp3) is 0.300. The minimum absolute atomic E-state index is 0.0201. The molecule has 1 saturated carbocycles. The number of nitrogens with two attached hydrogens (primary N) is 2. The summed E-state index contributed by atoms with van der Waals surface area (Å²) in [4.78, 5) is 25.0. The number of nitrogens with zero attached hydrogens (tertiary/aromatic N) is 2. The minimum atomic E-state index is -0.483. The summed E-state index contributed by atoms with van der Waals surface area (Å²) in [5, 5.41) is 15.9. The Morgan fingerprint density at radius 2 is 1.49 bits per heavy atom. The Morgan fingerprint density at radius 1 is 0.902 bits per heavy atom. The predicted molar refractivity (Wildman–Crippen MR) is 153 cm³/mol. The molecule has 0 radical (unpaired) electrons. The molecule has 3 aromatic rings. The van der Waals surface area contributed by atoms with Crippen LogP contribution >= 0.6 is 0 Å². The van der Waals surface area contributed by atoms with Crippen LogP contribution in [0.5, 0.6) is 23.0 Å². The van der Waals surface area contributed by atoms with E-state index in [-0.39, 0.29) is 17.8 Å². The van der Waals surface area contributed by atoms with Crippen molar-refractivity contribution in [2.24, 2.45) is 16.7 Å². The first kappa shape index (κ1) is 29.2. The SMILES string of the molecule is CCOC(=O)NCc1ccc(Oc2cc(Oc3ccc(C(N)=NO)cc3)cc(C(=O)N(N)C3CCCCC3)c2)cc1. The molecule has 0 unspecified atom stereocenters. The summed E-state index contributed by atoms with van der Waals surface area (Å²) in [6, 6.07) is 18.7. The summed E-state index contributed by atoms with van der Waals surface area (Å²) in [5.74, 6) is 7.71. The summed E-state index contributed by atoms with van der Waals surface area (Å²) >= 11 is 0. The van der Waals surface area contributed by atoms with Crippen LogP contribution in [0.15, 0.2) is 71.9 Å². The van der Waals surface area contributed by atoms with Crippen molar-refractivity contribution in [3.05, 3.63) is 83.4 Å². The van der Waals surface area contributed by atoms with Gasteiger partial charge in [0.2, 0.25) is 0 Å². The first-order chi connectivity index (χ1) is 19.9. The molecule has 216 valence electrons. The van der Waals surface area contributed by atoms with E-state index in [9.17, 15) is 9.59 Å². The number of hydrazine groups is 1. The first-order valence-electron chi connectivity index (χ1n) is 13.5. The van der Waals surface area contributed by atoms with Gasteiger partial charge in [0, 0.05) is 29.8 Å². The second-order valence-corrected chi connectivity index (χ2v) is 9.63. The Bertz CT molecular complexity index is 1350. The Kier molecular flexibility index (Phi) is 10.0. The fourth-order valence-electron chi connectivity index (χ4n) is 4.54. The maximum Gasteiger partial charge on any atom is 0.407 e. The topological polar surface area (TPSA) is 162 Å². The number of carbonyl (C=O) groups excluding carboxylic acids is 2. The van der Waals surface area contributed by atoms with Crippen LogP contribution in [0.3, 0.4) is 0 Å². The Morgan fingerprint density at radius 3 is 2.05 bits per heavy atom. The van der Waals surface area contributed by atoms with Crippen LogP contribution in [0.1, 0.15) is 60.5 Å². The number of amides is 2. The number of benzene rings is 3. The maximum atomic E-state index is 13.4. The molecule has 11 heteroatoms. The van der Waals surface area contributed by atoms with E-state index >= 15 is 0 Å². The van der Waals surface area contributed by atoms with Crippen LogP contribution in [-0.4, -0.2) is 40.7 Å². The molecule has 0 spiro atoms. The molecule has 6 N–H and O–H groups in total. The lowest BCUT2D eigenvalue weighted by molar-refractivity contribution is 0.0633. The van der Waals surface area contributed by atoms with Gasteiger partial charge in [-0.25, -0.2) is 10.6 Å². The highest BCUT2D eigenvalue weighted by Crippen LogP contribution is 2.32. The van der Waals surface area contributed by atoms with E-state index in [0.29, 0.717) is 47.3 Å².